The fourth-order valence-electron chi connectivity index (χ4n) is 2.62. The van der Waals surface area contributed by atoms with E-state index in [0.29, 0.717) is 11.1 Å². The van der Waals surface area contributed by atoms with Crippen molar-refractivity contribution >= 4 is 29.7 Å². The van der Waals surface area contributed by atoms with E-state index >= 15 is 0 Å². The molecule has 25 heavy (non-hydrogen) atoms. The molecule has 0 atom stereocenters. The molecule has 0 fully saturated rings. The zero-order valence-electron chi connectivity index (χ0n) is 13.4. The number of cyclic esters (lactones) is 2. The third-order valence-corrected chi connectivity index (χ3v) is 3.91. The van der Waals surface area contributed by atoms with Crippen molar-refractivity contribution in [3.05, 3.63) is 82.6 Å². The number of carbonyl (C=O) groups is 2. The Balaban J connectivity index is 1.67. The average molecular weight is 331 g/mol. The van der Waals surface area contributed by atoms with Gasteiger partial charge in [0.1, 0.15) is 0 Å². The molecule has 0 spiro atoms. The van der Waals surface area contributed by atoms with Crippen molar-refractivity contribution in [2.75, 3.05) is 0 Å². The van der Waals surface area contributed by atoms with Crippen LogP contribution < -0.4 is 0 Å². The molecule has 4 rings (SSSR count). The van der Waals surface area contributed by atoms with E-state index in [1.165, 1.54) is 0 Å². The molecule has 5 nitrogen and oxygen atoms in total. The number of benzene rings is 2. The third-order valence-electron chi connectivity index (χ3n) is 3.91. The fraction of sp³-hybridized carbons (Fsp3) is 0.0500. The predicted octanol–water partition coefficient (Wildman–Crippen LogP) is 3.50. The highest BCUT2D eigenvalue weighted by Crippen LogP contribution is 2.34. The van der Waals surface area contributed by atoms with E-state index in [1.54, 1.807) is 36.4 Å². The molecule has 0 bridgehead atoms. The highest BCUT2D eigenvalue weighted by atomic mass is 16.6. The van der Waals surface area contributed by atoms with Crippen molar-refractivity contribution in [2.45, 2.75) is 6.92 Å². The molecule has 0 amide bonds. The molecule has 122 valence electrons. The quantitative estimate of drug-likeness (QED) is 0.624. The van der Waals surface area contributed by atoms with Gasteiger partial charge in [0, 0.05) is 11.6 Å². The maximum atomic E-state index is 12.1. The maximum Gasteiger partial charge on any atom is 0.367 e. The Morgan fingerprint density at radius 2 is 1.56 bits per heavy atom. The van der Waals surface area contributed by atoms with E-state index < -0.39 is 11.9 Å². The number of ether oxygens (including phenoxy) is 2. The molecule has 0 radical (unpaired) electrons. The first-order valence-corrected chi connectivity index (χ1v) is 7.73. The number of aliphatic imine (C=N–C) groups is 1. The van der Waals surface area contributed by atoms with Crippen molar-refractivity contribution in [2.24, 2.45) is 4.99 Å². The van der Waals surface area contributed by atoms with Gasteiger partial charge in [-0.3, -0.25) is 0 Å². The van der Waals surface area contributed by atoms with Crippen LogP contribution in [0, 0.1) is 6.92 Å². The van der Waals surface area contributed by atoms with Crippen molar-refractivity contribution in [3.63, 3.8) is 0 Å². The number of hydrogen-bond acceptors (Lipinski definition) is 5. The van der Waals surface area contributed by atoms with Gasteiger partial charge in [-0.15, -0.1) is 0 Å². The summed E-state index contributed by atoms with van der Waals surface area (Å²) in [5.74, 6) is -0.828. The zero-order chi connectivity index (χ0) is 17.4. The van der Waals surface area contributed by atoms with Crippen LogP contribution in [-0.4, -0.2) is 17.8 Å². The molecule has 0 N–H and O–H groups in total. The first-order valence-electron chi connectivity index (χ1n) is 7.73. The smallest absolute Gasteiger partial charge is 0.367 e. The van der Waals surface area contributed by atoms with Crippen LogP contribution in [0.15, 0.2) is 65.3 Å². The number of aryl methyl sites for hydroxylation is 1. The number of nitrogens with zero attached hydrogens (tertiary/aromatic N) is 1. The normalized spacial score (nSPS) is 19.0. The molecule has 2 aromatic carbocycles. The standard InChI is InChI=1S/C20H13NO4/c1-12-6-8-13(9-7-12)10-11-16-21-17(20(23)24-16)18-14-4-2-3-5-15(14)19(22)25-18/h2-11H,1H3/b11-10+,18-17-. The minimum absolute atomic E-state index is 0.00172. The van der Waals surface area contributed by atoms with Gasteiger partial charge < -0.3 is 9.47 Å². The molecule has 2 heterocycles. The largest absolute Gasteiger partial charge is 0.420 e. The van der Waals surface area contributed by atoms with Crippen molar-refractivity contribution in [3.8, 4) is 0 Å². The number of esters is 2. The van der Waals surface area contributed by atoms with Crippen molar-refractivity contribution < 1.29 is 19.1 Å². The van der Waals surface area contributed by atoms with E-state index in [0.717, 1.165) is 11.1 Å². The number of hydrogen-bond donors (Lipinski definition) is 0. The second-order valence-electron chi connectivity index (χ2n) is 5.70. The molecule has 0 aromatic heterocycles. The Morgan fingerprint density at radius 1 is 0.840 bits per heavy atom. The Bertz CT molecular complexity index is 981. The van der Waals surface area contributed by atoms with Crippen LogP contribution in [0.3, 0.4) is 0 Å². The fourth-order valence-corrected chi connectivity index (χ4v) is 2.62. The Morgan fingerprint density at radius 3 is 2.32 bits per heavy atom. The van der Waals surface area contributed by atoms with E-state index in [9.17, 15) is 9.59 Å². The van der Waals surface area contributed by atoms with Crippen LogP contribution >= 0.6 is 0 Å². The summed E-state index contributed by atoms with van der Waals surface area (Å²) in [6.45, 7) is 2.01. The van der Waals surface area contributed by atoms with Crippen molar-refractivity contribution in [1.29, 1.82) is 0 Å². The second kappa shape index (κ2) is 5.87. The third kappa shape index (κ3) is 2.76. The van der Waals surface area contributed by atoms with Gasteiger partial charge >= 0.3 is 11.9 Å². The Hall–Kier alpha value is -3.47. The lowest BCUT2D eigenvalue weighted by Gasteiger charge is -1.98. The molecular formula is C20H13NO4. The van der Waals surface area contributed by atoms with E-state index in [2.05, 4.69) is 4.99 Å². The topological polar surface area (TPSA) is 65.0 Å². The summed E-state index contributed by atoms with van der Waals surface area (Å²) in [4.78, 5) is 28.2. The van der Waals surface area contributed by atoms with Gasteiger partial charge in [-0.05, 0) is 24.6 Å². The summed E-state index contributed by atoms with van der Waals surface area (Å²) < 4.78 is 10.4. The van der Waals surface area contributed by atoms with Gasteiger partial charge in [0.15, 0.2) is 11.5 Å². The molecule has 5 heteroatoms. The summed E-state index contributed by atoms with van der Waals surface area (Å²) in [5.41, 5.74) is 3.09. The minimum Gasteiger partial charge on any atom is -0.420 e. The molecular weight excluding hydrogens is 318 g/mol. The minimum atomic E-state index is -0.636. The van der Waals surface area contributed by atoms with Crippen LogP contribution in [0.1, 0.15) is 27.0 Å². The lowest BCUT2D eigenvalue weighted by Crippen LogP contribution is -2.03. The second-order valence-corrected chi connectivity index (χ2v) is 5.70. The summed E-state index contributed by atoms with van der Waals surface area (Å²) in [6, 6.07) is 14.8. The van der Waals surface area contributed by atoms with Crippen LogP contribution in [0.2, 0.25) is 0 Å². The van der Waals surface area contributed by atoms with Crippen LogP contribution in [0.5, 0.6) is 0 Å². The Labute approximate surface area is 143 Å². The molecule has 0 aliphatic carbocycles. The van der Waals surface area contributed by atoms with Gasteiger partial charge in [-0.1, -0.05) is 48.0 Å². The molecule has 0 unspecified atom stereocenters. The summed E-state index contributed by atoms with van der Waals surface area (Å²) in [5, 5.41) is 0. The van der Waals surface area contributed by atoms with Gasteiger partial charge in [-0.2, -0.15) is 0 Å². The lowest BCUT2D eigenvalue weighted by molar-refractivity contribution is -0.130. The van der Waals surface area contributed by atoms with Gasteiger partial charge in [0.2, 0.25) is 5.90 Å². The van der Waals surface area contributed by atoms with Crippen LogP contribution in [0.4, 0.5) is 0 Å². The SMILES string of the molecule is Cc1ccc(/C=C/C2=NC(=C3\OC(=O)c4ccccc43)/C(=O)O2)cc1. The van der Waals surface area contributed by atoms with E-state index in [4.69, 9.17) is 9.47 Å². The molecule has 0 saturated carbocycles. The average Bonchev–Trinajstić information content (AvgIpc) is 3.15. The summed E-state index contributed by atoms with van der Waals surface area (Å²) in [6.07, 6.45) is 3.41. The number of rotatable bonds is 2. The monoisotopic (exact) mass is 331 g/mol. The lowest BCUT2D eigenvalue weighted by atomic mass is 10.1. The van der Waals surface area contributed by atoms with Crippen molar-refractivity contribution in [1.82, 2.24) is 0 Å². The molecule has 2 aliphatic rings. The van der Waals surface area contributed by atoms with Gasteiger partial charge in [-0.25, -0.2) is 14.6 Å². The summed E-state index contributed by atoms with van der Waals surface area (Å²) in [7, 11) is 0. The highest BCUT2D eigenvalue weighted by molar-refractivity contribution is 6.15. The van der Waals surface area contributed by atoms with Gasteiger partial charge in [0.05, 0.1) is 5.56 Å². The Kier molecular flexibility index (Phi) is 3.54. The van der Waals surface area contributed by atoms with Gasteiger partial charge in [0.25, 0.3) is 0 Å². The van der Waals surface area contributed by atoms with E-state index in [1.807, 2.05) is 31.2 Å². The maximum absolute atomic E-state index is 12.1. The predicted molar refractivity (Wildman–Crippen MR) is 92.5 cm³/mol. The van der Waals surface area contributed by atoms with Crippen LogP contribution in [-0.2, 0) is 14.3 Å². The summed E-state index contributed by atoms with van der Waals surface area (Å²) >= 11 is 0. The van der Waals surface area contributed by atoms with Crippen LogP contribution in [0.25, 0.3) is 11.8 Å². The first kappa shape index (κ1) is 15.1. The zero-order valence-corrected chi connectivity index (χ0v) is 13.4. The number of carbonyl (C=O) groups excluding carboxylic acids is 2. The molecule has 2 aromatic rings. The molecule has 0 saturated heterocycles. The molecule has 2 aliphatic heterocycles. The first-order chi connectivity index (χ1) is 12.1. The highest BCUT2D eigenvalue weighted by Gasteiger charge is 2.34. The number of fused-ring (bicyclic) bond motifs is 1. The van der Waals surface area contributed by atoms with E-state index in [-0.39, 0.29) is 17.4 Å².